The molecule has 0 saturated carbocycles. The van der Waals surface area contributed by atoms with E-state index in [-0.39, 0.29) is 5.91 Å². The Kier molecular flexibility index (Phi) is 7.48. The molecule has 1 saturated heterocycles. The lowest BCUT2D eigenvalue weighted by Crippen LogP contribution is -2.30. The molecule has 2 heterocycles. The van der Waals surface area contributed by atoms with Crippen molar-refractivity contribution < 1.29 is 9.53 Å². The first kappa shape index (κ1) is 17.9. The van der Waals surface area contributed by atoms with Gasteiger partial charge < -0.3 is 15.4 Å². The van der Waals surface area contributed by atoms with Gasteiger partial charge in [-0.15, -0.1) is 5.10 Å². The zero-order valence-electron chi connectivity index (χ0n) is 14.3. The van der Waals surface area contributed by atoms with E-state index in [2.05, 4.69) is 27.9 Å². The summed E-state index contributed by atoms with van der Waals surface area (Å²) >= 11 is 0. The summed E-state index contributed by atoms with van der Waals surface area (Å²) in [7, 11) is 0. The number of nitrogens with zero attached hydrogens (tertiary/aromatic N) is 3. The summed E-state index contributed by atoms with van der Waals surface area (Å²) in [6.45, 7) is 8.13. The third-order valence-corrected chi connectivity index (χ3v) is 4.19. The van der Waals surface area contributed by atoms with Gasteiger partial charge in [0, 0.05) is 19.8 Å². The quantitative estimate of drug-likeness (QED) is 0.672. The first-order valence-corrected chi connectivity index (χ1v) is 8.72. The molecule has 2 N–H and O–H groups in total. The number of piperidine rings is 1. The minimum Gasteiger partial charge on any atom is -0.381 e. The van der Waals surface area contributed by atoms with Gasteiger partial charge in [-0.05, 0) is 45.7 Å². The van der Waals surface area contributed by atoms with Crippen molar-refractivity contribution in [3.63, 3.8) is 0 Å². The molecule has 1 amide bonds. The zero-order chi connectivity index (χ0) is 16.5. The third-order valence-electron chi connectivity index (χ3n) is 4.19. The van der Waals surface area contributed by atoms with Crippen molar-refractivity contribution in [2.75, 3.05) is 32.8 Å². The molecule has 130 valence electrons. The SMILES string of the molecule is CCCCOCCCNC(=O)c1nnn(C2CCNCC2)c1C. The second-order valence-corrected chi connectivity index (χ2v) is 6.02. The van der Waals surface area contributed by atoms with Crippen molar-refractivity contribution in [1.29, 1.82) is 0 Å². The summed E-state index contributed by atoms with van der Waals surface area (Å²) in [4.78, 5) is 12.2. The second-order valence-electron chi connectivity index (χ2n) is 6.02. The predicted molar refractivity (Wildman–Crippen MR) is 88.6 cm³/mol. The third kappa shape index (κ3) is 5.28. The Bertz CT molecular complexity index is 483. The molecule has 1 aromatic heterocycles. The number of ether oxygens (including phenoxy) is 1. The number of rotatable bonds is 9. The standard InChI is InChI=1S/C16H29N5O2/c1-3-4-11-23-12-5-8-18-16(22)15-13(2)21(20-19-15)14-6-9-17-10-7-14/h14,17H,3-12H2,1-2H3,(H,18,22). The first-order valence-electron chi connectivity index (χ1n) is 8.72. The fourth-order valence-electron chi connectivity index (χ4n) is 2.76. The highest BCUT2D eigenvalue weighted by atomic mass is 16.5. The summed E-state index contributed by atoms with van der Waals surface area (Å²) in [6.07, 6.45) is 5.10. The van der Waals surface area contributed by atoms with Crippen LogP contribution in [0.15, 0.2) is 0 Å². The predicted octanol–water partition coefficient (Wildman–Crippen LogP) is 1.45. The summed E-state index contributed by atoms with van der Waals surface area (Å²) < 4.78 is 7.39. The molecule has 7 heteroatoms. The summed E-state index contributed by atoms with van der Waals surface area (Å²) in [5.74, 6) is -0.142. The minimum atomic E-state index is -0.142. The Balaban J connectivity index is 1.75. The van der Waals surface area contributed by atoms with Crippen molar-refractivity contribution in [2.45, 2.75) is 52.0 Å². The number of carbonyl (C=O) groups excluding carboxylic acids is 1. The maximum absolute atomic E-state index is 12.2. The molecular weight excluding hydrogens is 294 g/mol. The maximum atomic E-state index is 12.2. The van der Waals surface area contributed by atoms with E-state index in [1.165, 1.54) is 0 Å². The van der Waals surface area contributed by atoms with E-state index in [0.717, 1.165) is 57.5 Å². The molecule has 0 atom stereocenters. The molecule has 23 heavy (non-hydrogen) atoms. The lowest BCUT2D eigenvalue weighted by Gasteiger charge is -2.23. The summed E-state index contributed by atoms with van der Waals surface area (Å²) in [6, 6.07) is 0.345. The van der Waals surface area contributed by atoms with Crippen LogP contribution in [0.4, 0.5) is 0 Å². The molecule has 0 spiro atoms. The average Bonchev–Trinajstić information content (AvgIpc) is 2.96. The molecule has 2 rings (SSSR count). The van der Waals surface area contributed by atoms with Crippen LogP contribution in [0.25, 0.3) is 0 Å². The van der Waals surface area contributed by atoms with Crippen LogP contribution in [0.1, 0.15) is 61.3 Å². The molecule has 0 bridgehead atoms. The van der Waals surface area contributed by atoms with Crippen LogP contribution >= 0.6 is 0 Å². The van der Waals surface area contributed by atoms with Gasteiger partial charge in [0.05, 0.1) is 11.7 Å². The van der Waals surface area contributed by atoms with Gasteiger partial charge in [0.1, 0.15) is 0 Å². The van der Waals surface area contributed by atoms with Crippen molar-refractivity contribution in [2.24, 2.45) is 0 Å². The largest absolute Gasteiger partial charge is 0.381 e. The van der Waals surface area contributed by atoms with Gasteiger partial charge in [-0.1, -0.05) is 18.6 Å². The Hall–Kier alpha value is -1.47. The Morgan fingerprint density at radius 2 is 2.09 bits per heavy atom. The molecule has 0 radical (unpaired) electrons. The van der Waals surface area contributed by atoms with E-state index < -0.39 is 0 Å². The Labute approximate surface area is 138 Å². The number of nitrogens with one attached hydrogen (secondary N) is 2. The normalized spacial score (nSPS) is 15.7. The van der Waals surface area contributed by atoms with E-state index in [4.69, 9.17) is 4.74 Å². The van der Waals surface area contributed by atoms with Gasteiger partial charge >= 0.3 is 0 Å². The maximum Gasteiger partial charge on any atom is 0.273 e. The smallest absolute Gasteiger partial charge is 0.273 e. The van der Waals surface area contributed by atoms with Crippen LogP contribution in [0.3, 0.4) is 0 Å². The number of aromatic nitrogens is 3. The molecule has 1 aliphatic heterocycles. The van der Waals surface area contributed by atoms with E-state index in [9.17, 15) is 4.79 Å². The van der Waals surface area contributed by atoms with Crippen LogP contribution in [0, 0.1) is 6.92 Å². The van der Waals surface area contributed by atoms with Crippen LogP contribution in [-0.2, 0) is 4.74 Å². The highest BCUT2D eigenvalue weighted by molar-refractivity contribution is 5.93. The molecule has 0 unspecified atom stereocenters. The second kappa shape index (κ2) is 9.62. The highest BCUT2D eigenvalue weighted by Crippen LogP contribution is 2.20. The Morgan fingerprint density at radius 3 is 2.83 bits per heavy atom. The number of hydrogen-bond donors (Lipinski definition) is 2. The summed E-state index contributed by atoms with van der Waals surface area (Å²) in [5, 5.41) is 14.5. The number of carbonyl (C=O) groups is 1. The monoisotopic (exact) mass is 323 g/mol. The molecule has 1 fully saturated rings. The molecule has 7 nitrogen and oxygen atoms in total. The lowest BCUT2D eigenvalue weighted by atomic mass is 10.1. The van der Waals surface area contributed by atoms with Gasteiger partial charge in [-0.2, -0.15) is 0 Å². The van der Waals surface area contributed by atoms with Crippen molar-refractivity contribution in [3.8, 4) is 0 Å². The van der Waals surface area contributed by atoms with Gasteiger partial charge in [0.25, 0.3) is 5.91 Å². The molecule has 1 aromatic rings. The molecular formula is C16H29N5O2. The number of unbranched alkanes of at least 4 members (excludes halogenated alkanes) is 1. The molecule has 0 aliphatic carbocycles. The molecule has 0 aromatic carbocycles. The topological polar surface area (TPSA) is 81.1 Å². The fourth-order valence-corrected chi connectivity index (χ4v) is 2.76. The average molecular weight is 323 g/mol. The van der Waals surface area contributed by atoms with Crippen LogP contribution in [0.5, 0.6) is 0 Å². The van der Waals surface area contributed by atoms with Crippen molar-refractivity contribution >= 4 is 5.91 Å². The number of amides is 1. The van der Waals surface area contributed by atoms with E-state index >= 15 is 0 Å². The minimum absolute atomic E-state index is 0.142. The van der Waals surface area contributed by atoms with E-state index in [1.807, 2.05) is 11.6 Å². The first-order chi connectivity index (χ1) is 11.2. The Morgan fingerprint density at radius 1 is 1.35 bits per heavy atom. The van der Waals surface area contributed by atoms with E-state index in [1.54, 1.807) is 0 Å². The summed E-state index contributed by atoms with van der Waals surface area (Å²) in [5.41, 5.74) is 1.30. The fraction of sp³-hybridized carbons (Fsp3) is 0.812. The highest BCUT2D eigenvalue weighted by Gasteiger charge is 2.22. The van der Waals surface area contributed by atoms with Crippen LogP contribution in [-0.4, -0.2) is 53.7 Å². The van der Waals surface area contributed by atoms with Crippen molar-refractivity contribution in [1.82, 2.24) is 25.6 Å². The van der Waals surface area contributed by atoms with Crippen molar-refractivity contribution in [3.05, 3.63) is 11.4 Å². The van der Waals surface area contributed by atoms with Gasteiger partial charge in [-0.3, -0.25) is 4.79 Å². The van der Waals surface area contributed by atoms with E-state index in [0.29, 0.717) is 24.9 Å². The lowest BCUT2D eigenvalue weighted by molar-refractivity contribution is 0.0935. The number of hydrogen-bond acceptors (Lipinski definition) is 5. The van der Waals surface area contributed by atoms with Crippen LogP contribution in [0.2, 0.25) is 0 Å². The zero-order valence-corrected chi connectivity index (χ0v) is 14.3. The van der Waals surface area contributed by atoms with Gasteiger partial charge in [0.15, 0.2) is 5.69 Å². The van der Waals surface area contributed by atoms with Gasteiger partial charge in [0.2, 0.25) is 0 Å². The van der Waals surface area contributed by atoms with Gasteiger partial charge in [-0.25, -0.2) is 4.68 Å². The van der Waals surface area contributed by atoms with Crippen LogP contribution < -0.4 is 10.6 Å². The molecule has 1 aliphatic rings.